The van der Waals surface area contributed by atoms with Gasteiger partial charge in [0.1, 0.15) is 0 Å². The SMILES string of the molecule is CC1(C)C2CCC1(C)C(P(Cl)C1CC3CCC1(C)C3(C)C)C2. The first-order chi connectivity index (χ1) is 10.1. The highest BCUT2D eigenvalue weighted by Gasteiger charge is 2.68. The molecule has 0 amide bonds. The van der Waals surface area contributed by atoms with Gasteiger partial charge < -0.3 is 0 Å². The molecule has 2 heteroatoms. The second kappa shape index (κ2) is 4.46. The minimum absolute atomic E-state index is 0.354. The Bertz CT molecular complexity index is 454. The molecule has 4 aliphatic carbocycles. The topological polar surface area (TPSA) is 0 Å². The van der Waals surface area contributed by atoms with E-state index in [-0.39, 0.29) is 7.27 Å². The molecule has 0 spiro atoms. The van der Waals surface area contributed by atoms with E-state index in [1.54, 1.807) is 0 Å². The summed E-state index contributed by atoms with van der Waals surface area (Å²) in [6, 6.07) is 0. The smallest absolute Gasteiger partial charge is 0.000581 e. The second-order valence-electron chi connectivity index (χ2n) is 10.6. The van der Waals surface area contributed by atoms with Gasteiger partial charge in [-0.1, -0.05) is 52.8 Å². The van der Waals surface area contributed by atoms with Gasteiger partial charge >= 0.3 is 0 Å². The molecular formula is C20H34ClP. The lowest BCUT2D eigenvalue weighted by molar-refractivity contribution is 0.148. The van der Waals surface area contributed by atoms with Crippen molar-refractivity contribution in [3.8, 4) is 0 Å². The maximum Gasteiger partial charge on any atom is -0.000581 e. The number of halogens is 1. The van der Waals surface area contributed by atoms with Crippen molar-refractivity contribution in [2.75, 3.05) is 0 Å². The number of fused-ring (bicyclic) bond motifs is 4. The zero-order chi connectivity index (χ0) is 16.1. The molecule has 0 aromatic carbocycles. The van der Waals surface area contributed by atoms with Gasteiger partial charge in [0.2, 0.25) is 0 Å². The van der Waals surface area contributed by atoms with Crippen molar-refractivity contribution in [2.24, 2.45) is 33.5 Å². The minimum atomic E-state index is -0.354. The van der Waals surface area contributed by atoms with Gasteiger partial charge in [0, 0.05) is 0 Å². The summed E-state index contributed by atoms with van der Waals surface area (Å²) < 4.78 is 0. The van der Waals surface area contributed by atoms with Crippen LogP contribution in [0.1, 0.15) is 80.1 Å². The van der Waals surface area contributed by atoms with Crippen molar-refractivity contribution in [2.45, 2.75) is 91.4 Å². The normalized spacial score (nSPS) is 55.8. The van der Waals surface area contributed by atoms with Crippen LogP contribution in [-0.4, -0.2) is 11.3 Å². The van der Waals surface area contributed by atoms with Gasteiger partial charge in [0.15, 0.2) is 0 Å². The summed E-state index contributed by atoms with van der Waals surface area (Å²) in [5.74, 6) is 1.87. The van der Waals surface area contributed by atoms with Crippen molar-refractivity contribution < 1.29 is 0 Å². The van der Waals surface area contributed by atoms with E-state index in [0.29, 0.717) is 21.7 Å². The molecule has 4 bridgehead atoms. The van der Waals surface area contributed by atoms with E-state index in [9.17, 15) is 0 Å². The van der Waals surface area contributed by atoms with E-state index in [2.05, 4.69) is 41.5 Å². The van der Waals surface area contributed by atoms with Crippen molar-refractivity contribution in [1.82, 2.24) is 0 Å². The lowest BCUT2D eigenvalue weighted by Gasteiger charge is -2.47. The molecule has 0 aromatic heterocycles. The highest BCUT2D eigenvalue weighted by Crippen LogP contribution is 2.81. The summed E-state index contributed by atoms with van der Waals surface area (Å²) >= 11 is 7.38. The largest absolute Gasteiger partial charge is 0.0958 e. The van der Waals surface area contributed by atoms with Crippen LogP contribution in [0.2, 0.25) is 0 Å². The fourth-order valence-corrected chi connectivity index (χ4v) is 12.4. The second-order valence-corrected chi connectivity index (χ2v) is 13.7. The molecular weight excluding hydrogens is 307 g/mol. The van der Waals surface area contributed by atoms with E-state index < -0.39 is 0 Å². The molecule has 0 saturated heterocycles. The third-order valence-electron chi connectivity index (χ3n) is 10.1. The van der Waals surface area contributed by atoms with Crippen molar-refractivity contribution in [3.63, 3.8) is 0 Å². The lowest BCUT2D eigenvalue weighted by Crippen LogP contribution is -2.39. The van der Waals surface area contributed by atoms with Gasteiger partial charge in [0.05, 0.1) is 0 Å². The molecule has 0 aromatic rings. The summed E-state index contributed by atoms with van der Waals surface area (Å²) in [4.78, 5) is 0. The van der Waals surface area contributed by atoms with Crippen LogP contribution in [-0.2, 0) is 0 Å². The Morgan fingerprint density at radius 3 is 1.32 bits per heavy atom. The summed E-state index contributed by atoms with van der Waals surface area (Å²) in [5.41, 5.74) is 3.67. The summed E-state index contributed by atoms with van der Waals surface area (Å²) in [6.45, 7) is 15.3. The molecule has 4 aliphatic rings. The zero-order valence-corrected chi connectivity index (χ0v) is 17.0. The van der Waals surface area contributed by atoms with Crippen LogP contribution in [0.25, 0.3) is 0 Å². The Morgan fingerprint density at radius 1 is 0.727 bits per heavy atom. The molecule has 126 valence electrons. The predicted octanol–water partition coefficient (Wildman–Crippen LogP) is 7.05. The molecule has 0 aliphatic heterocycles. The van der Waals surface area contributed by atoms with Crippen LogP contribution in [0.4, 0.5) is 0 Å². The highest BCUT2D eigenvalue weighted by atomic mass is 35.7. The third-order valence-corrected chi connectivity index (χ3v) is 14.3. The van der Waals surface area contributed by atoms with Gasteiger partial charge in [-0.05, 0) is 90.6 Å². The molecule has 0 radical (unpaired) electrons. The Balaban J connectivity index is 1.64. The van der Waals surface area contributed by atoms with E-state index >= 15 is 0 Å². The van der Waals surface area contributed by atoms with E-state index in [1.807, 2.05) is 0 Å². The van der Waals surface area contributed by atoms with Gasteiger partial charge in [-0.2, -0.15) is 0 Å². The van der Waals surface area contributed by atoms with Gasteiger partial charge in [0.25, 0.3) is 0 Å². The van der Waals surface area contributed by atoms with Gasteiger partial charge in [-0.15, -0.1) is 0 Å². The average Bonchev–Trinajstić information content (AvgIpc) is 2.96. The fraction of sp³-hybridized carbons (Fsp3) is 1.00. The fourth-order valence-electron chi connectivity index (χ4n) is 7.29. The monoisotopic (exact) mass is 340 g/mol. The lowest BCUT2D eigenvalue weighted by atomic mass is 9.70. The molecule has 0 heterocycles. The molecule has 4 rings (SSSR count). The van der Waals surface area contributed by atoms with Crippen molar-refractivity contribution >= 4 is 18.5 Å². The van der Waals surface area contributed by atoms with Gasteiger partial charge in [-0.3, -0.25) is 0 Å². The first-order valence-electron chi connectivity index (χ1n) is 9.50. The zero-order valence-electron chi connectivity index (χ0n) is 15.4. The predicted molar refractivity (Wildman–Crippen MR) is 98.8 cm³/mol. The molecule has 0 nitrogen and oxygen atoms in total. The Hall–Kier alpha value is 0.720. The van der Waals surface area contributed by atoms with Crippen LogP contribution < -0.4 is 0 Å². The minimum Gasteiger partial charge on any atom is -0.0958 e. The van der Waals surface area contributed by atoms with Crippen LogP contribution in [0, 0.1) is 33.5 Å². The number of hydrogen-bond acceptors (Lipinski definition) is 0. The maximum atomic E-state index is 7.38. The van der Waals surface area contributed by atoms with Crippen LogP contribution in [0.15, 0.2) is 0 Å². The molecule has 6 unspecified atom stereocenters. The number of rotatable bonds is 2. The Kier molecular flexibility index (Phi) is 3.29. The number of hydrogen-bond donors (Lipinski definition) is 0. The molecule has 6 atom stereocenters. The highest BCUT2D eigenvalue weighted by molar-refractivity contribution is 7.85. The molecule has 4 saturated carbocycles. The molecule has 0 N–H and O–H groups in total. The van der Waals surface area contributed by atoms with Crippen LogP contribution in [0.5, 0.6) is 0 Å². The first-order valence-corrected chi connectivity index (χ1v) is 11.9. The first kappa shape index (κ1) is 16.2. The van der Waals surface area contributed by atoms with E-state index in [1.165, 1.54) is 38.5 Å². The van der Waals surface area contributed by atoms with E-state index in [0.717, 1.165) is 23.2 Å². The quantitative estimate of drug-likeness (QED) is 0.472. The Morgan fingerprint density at radius 2 is 1.09 bits per heavy atom. The third kappa shape index (κ3) is 1.61. The molecule has 22 heavy (non-hydrogen) atoms. The van der Waals surface area contributed by atoms with Crippen molar-refractivity contribution in [3.05, 3.63) is 0 Å². The summed E-state index contributed by atoms with van der Waals surface area (Å²) in [7, 11) is -0.354. The van der Waals surface area contributed by atoms with Gasteiger partial charge in [-0.25, -0.2) is 0 Å². The van der Waals surface area contributed by atoms with Crippen LogP contribution in [0.3, 0.4) is 0 Å². The maximum absolute atomic E-state index is 7.38. The van der Waals surface area contributed by atoms with Crippen molar-refractivity contribution in [1.29, 1.82) is 0 Å². The molecule has 4 fully saturated rings. The average molecular weight is 341 g/mol. The standard InChI is InChI=1S/C20H34ClP/c1-17(2)13-7-9-19(17,5)15(11-13)22(21)16-12-14-8-10-20(16,6)18(14,3)4/h13-16H,7-12H2,1-6H3. The Labute approximate surface area is 143 Å². The summed E-state index contributed by atoms with van der Waals surface area (Å²) in [6.07, 6.45) is 8.62. The summed E-state index contributed by atoms with van der Waals surface area (Å²) in [5, 5.41) is 0. The van der Waals surface area contributed by atoms with Crippen LogP contribution >= 0.6 is 18.5 Å². The van der Waals surface area contributed by atoms with E-state index in [4.69, 9.17) is 11.2 Å².